The topological polar surface area (TPSA) is 55.6 Å². The molecule has 1 rings (SSSR count). The molecule has 0 heterocycles. The van der Waals surface area contributed by atoms with Crippen LogP contribution in [0, 0.1) is 5.82 Å². The molecule has 0 aliphatic rings. The quantitative estimate of drug-likeness (QED) is 0.852. The number of carbonyl (C=O) groups is 1. The van der Waals surface area contributed by atoms with Crippen LogP contribution in [0.15, 0.2) is 18.2 Å². The maximum absolute atomic E-state index is 13.5. The summed E-state index contributed by atoms with van der Waals surface area (Å²) in [6.45, 7) is 2.69. The standard InChI is InChI=1S/C12H17FN2O2/c1-3-17-11-5-4-9(8-10(11)13)6-7-15(2)12(14)16/h4-5,8H,3,6-7H2,1-2H3,(H2,14,16). The Kier molecular flexibility index (Phi) is 4.75. The number of urea groups is 1. The van der Waals surface area contributed by atoms with Crippen molar-refractivity contribution in [3.05, 3.63) is 29.6 Å². The summed E-state index contributed by atoms with van der Waals surface area (Å²) in [6, 6.07) is 4.30. The number of halogens is 1. The smallest absolute Gasteiger partial charge is 0.314 e. The Morgan fingerprint density at radius 1 is 1.53 bits per heavy atom. The summed E-state index contributed by atoms with van der Waals surface area (Å²) in [6.07, 6.45) is 0.558. The molecule has 0 spiro atoms. The van der Waals surface area contributed by atoms with Crippen LogP contribution in [0.25, 0.3) is 0 Å². The van der Waals surface area contributed by atoms with Gasteiger partial charge in [-0.05, 0) is 31.0 Å². The van der Waals surface area contributed by atoms with Crippen molar-refractivity contribution in [2.75, 3.05) is 20.2 Å². The van der Waals surface area contributed by atoms with E-state index in [2.05, 4.69) is 0 Å². The number of ether oxygens (including phenoxy) is 1. The first-order valence-corrected chi connectivity index (χ1v) is 5.46. The highest BCUT2D eigenvalue weighted by Crippen LogP contribution is 2.18. The van der Waals surface area contributed by atoms with E-state index in [9.17, 15) is 9.18 Å². The average Bonchev–Trinajstić information content (AvgIpc) is 2.29. The number of hydrogen-bond acceptors (Lipinski definition) is 2. The Bertz CT molecular complexity index is 396. The lowest BCUT2D eigenvalue weighted by Gasteiger charge is -2.14. The molecule has 0 bridgehead atoms. The molecule has 4 nitrogen and oxygen atoms in total. The Morgan fingerprint density at radius 2 is 2.24 bits per heavy atom. The predicted octanol–water partition coefficient (Wildman–Crippen LogP) is 1.78. The normalized spacial score (nSPS) is 10.1. The van der Waals surface area contributed by atoms with Crippen LogP contribution in [0.1, 0.15) is 12.5 Å². The zero-order valence-electron chi connectivity index (χ0n) is 10.1. The molecule has 0 saturated heterocycles. The first-order valence-electron chi connectivity index (χ1n) is 5.46. The van der Waals surface area contributed by atoms with E-state index in [1.54, 1.807) is 26.1 Å². The van der Waals surface area contributed by atoms with Crippen molar-refractivity contribution < 1.29 is 13.9 Å². The molecule has 94 valence electrons. The highest BCUT2D eigenvalue weighted by atomic mass is 19.1. The van der Waals surface area contributed by atoms with Crippen LogP contribution in [-0.2, 0) is 6.42 Å². The van der Waals surface area contributed by atoms with E-state index in [4.69, 9.17) is 10.5 Å². The lowest BCUT2D eigenvalue weighted by atomic mass is 10.1. The van der Waals surface area contributed by atoms with Crippen molar-refractivity contribution in [2.45, 2.75) is 13.3 Å². The molecular weight excluding hydrogens is 223 g/mol. The number of carbonyl (C=O) groups excluding carboxylic acids is 1. The third-order valence-corrected chi connectivity index (χ3v) is 2.41. The van der Waals surface area contributed by atoms with Gasteiger partial charge in [0.15, 0.2) is 11.6 Å². The van der Waals surface area contributed by atoms with Gasteiger partial charge in [0.1, 0.15) is 0 Å². The fraction of sp³-hybridized carbons (Fsp3) is 0.417. The lowest BCUT2D eigenvalue weighted by Crippen LogP contribution is -2.33. The number of hydrogen-bond donors (Lipinski definition) is 1. The van der Waals surface area contributed by atoms with Crippen molar-refractivity contribution in [3.8, 4) is 5.75 Å². The molecule has 2 amide bonds. The molecule has 0 radical (unpaired) electrons. The number of amides is 2. The highest BCUT2D eigenvalue weighted by molar-refractivity contribution is 5.71. The lowest BCUT2D eigenvalue weighted by molar-refractivity contribution is 0.219. The third kappa shape index (κ3) is 3.94. The van der Waals surface area contributed by atoms with Gasteiger partial charge in [0.05, 0.1) is 6.61 Å². The summed E-state index contributed by atoms with van der Waals surface area (Å²) in [5.74, 6) is -0.134. The minimum atomic E-state index is -0.489. The van der Waals surface area contributed by atoms with E-state index in [0.29, 0.717) is 19.6 Å². The van der Waals surface area contributed by atoms with E-state index in [1.165, 1.54) is 11.0 Å². The van der Waals surface area contributed by atoms with Gasteiger partial charge in [0.2, 0.25) is 0 Å². The third-order valence-electron chi connectivity index (χ3n) is 2.41. The number of rotatable bonds is 5. The second-order valence-electron chi connectivity index (χ2n) is 3.71. The SMILES string of the molecule is CCOc1ccc(CCN(C)C(N)=O)cc1F. The van der Waals surface area contributed by atoms with E-state index in [0.717, 1.165) is 5.56 Å². The van der Waals surface area contributed by atoms with Crippen LogP contribution >= 0.6 is 0 Å². The molecule has 17 heavy (non-hydrogen) atoms. The first-order chi connectivity index (χ1) is 8.04. The summed E-state index contributed by atoms with van der Waals surface area (Å²) in [7, 11) is 1.60. The molecule has 1 aromatic rings. The second kappa shape index (κ2) is 6.08. The Morgan fingerprint density at radius 3 is 2.76 bits per heavy atom. The molecule has 0 saturated carbocycles. The number of likely N-dealkylation sites (N-methyl/N-ethyl adjacent to an activating group) is 1. The van der Waals surface area contributed by atoms with Crippen LogP contribution in [0.3, 0.4) is 0 Å². The van der Waals surface area contributed by atoms with Crippen LogP contribution < -0.4 is 10.5 Å². The fourth-order valence-electron chi connectivity index (χ4n) is 1.38. The van der Waals surface area contributed by atoms with E-state index >= 15 is 0 Å². The number of nitrogens with zero attached hydrogens (tertiary/aromatic N) is 1. The molecule has 0 aliphatic heterocycles. The maximum atomic E-state index is 13.5. The zero-order chi connectivity index (χ0) is 12.8. The molecule has 5 heteroatoms. The summed E-state index contributed by atoms with van der Waals surface area (Å²) in [4.78, 5) is 12.2. The fourth-order valence-corrected chi connectivity index (χ4v) is 1.38. The van der Waals surface area contributed by atoms with Crippen molar-refractivity contribution in [1.29, 1.82) is 0 Å². The van der Waals surface area contributed by atoms with E-state index in [-0.39, 0.29) is 11.6 Å². The van der Waals surface area contributed by atoms with Gasteiger partial charge in [0.25, 0.3) is 0 Å². The maximum Gasteiger partial charge on any atom is 0.314 e. The molecule has 0 aromatic heterocycles. The van der Waals surface area contributed by atoms with E-state index < -0.39 is 6.03 Å². The molecule has 0 aliphatic carbocycles. The number of benzene rings is 1. The van der Waals surface area contributed by atoms with Crippen LogP contribution in [0.2, 0.25) is 0 Å². The predicted molar refractivity (Wildman–Crippen MR) is 63.5 cm³/mol. The Balaban J connectivity index is 2.61. The zero-order valence-corrected chi connectivity index (χ0v) is 10.1. The summed E-state index contributed by atoms with van der Waals surface area (Å²) >= 11 is 0. The summed E-state index contributed by atoms with van der Waals surface area (Å²) in [5, 5.41) is 0. The van der Waals surface area contributed by atoms with Crippen molar-refractivity contribution in [3.63, 3.8) is 0 Å². The first kappa shape index (κ1) is 13.3. The second-order valence-corrected chi connectivity index (χ2v) is 3.71. The van der Waals surface area contributed by atoms with E-state index in [1.807, 2.05) is 0 Å². The van der Waals surface area contributed by atoms with Gasteiger partial charge in [-0.3, -0.25) is 0 Å². The molecule has 0 unspecified atom stereocenters. The number of nitrogens with two attached hydrogens (primary N) is 1. The highest BCUT2D eigenvalue weighted by Gasteiger charge is 2.06. The summed E-state index contributed by atoms with van der Waals surface area (Å²) < 4.78 is 18.6. The molecule has 0 fully saturated rings. The summed E-state index contributed by atoms with van der Waals surface area (Å²) in [5.41, 5.74) is 5.89. The van der Waals surface area contributed by atoms with Gasteiger partial charge < -0.3 is 15.4 Å². The van der Waals surface area contributed by atoms with Gasteiger partial charge in [0, 0.05) is 13.6 Å². The van der Waals surface area contributed by atoms with Gasteiger partial charge in [-0.2, -0.15) is 0 Å². The van der Waals surface area contributed by atoms with Crippen molar-refractivity contribution in [1.82, 2.24) is 4.90 Å². The minimum absolute atomic E-state index is 0.250. The Labute approximate surface area is 100 Å². The molecule has 2 N–H and O–H groups in total. The molecule has 1 aromatic carbocycles. The monoisotopic (exact) mass is 240 g/mol. The van der Waals surface area contributed by atoms with Gasteiger partial charge in [-0.1, -0.05) is 6.07 Å². The van der Waals surface area contributed by atoms with Gasteiger partial charge in [-0.25, -0.2) is 9.18 Å². The molecular formula is C12H17FN2O2. The van der Waals surface area contributed by atoms with Crippen molar-refractivity contribution >= 4 is 6.03 Å². The number of primary amides is 1. The van der Waals surface area contributed by atoms with Crippen LogP contribution in [0.4, 0.5) is 9.18 Å². The Hall–Kier alpha value is -1.78. The molecule has 0 atom stereocenters. The minimum Gasteiger partial charge on any atom is -0.491 e. The van der Waals surface area contributed by atoms with Gasteiger partial charge in [-0.15, -0.1) is 0 Å². The van der Waals surface area contributed by atoms with Gasteiger partial charge >= 0.3 is 6.03 Å². The van der Waals surface area contributed by atoms with Crippen molar-refractivity contribution in [2.24, 2.45) is 5.73 Å². The largest absolute Gasteiger partial charge is 0.491 e. The van der Waals surface area contributed by atoms with Crippen LogP contribution in [-0.4, -0.2) is 31.1 Å². The average molecular weight is 240 g/mol. The van der Waals surface area contributed by atoms with Crippen LogP contribution in [0.5, 0.6) is 5.75 Å².